The number of carboxylic acid groups (broad SMARTS) is 1. The topological polar surface area (TPSA) is 49.3 Å². The van der Waals surface area contributed by atoms with Crippen molar-refractivity contribution in [2.24, 2.45) is 0 Å². The van der Waals surface area contributed by atoms with Gasteiger partial charge in [0, 0.05) is 6.54 Å². The highest BCUT2D eigenvalue weighted by Gasteiger charge is 2.27. The third kappa shape index (κ3) is 1.29. The zero-order valence-corrected chi connectivity index (χ0v) is 6.75. The van der Waals surface area contributed by atoms with Gasteiger partial charge in [-0.3, -0.25) is 10.1 Å². The molecule has 1 aromatic carbocycles. The predicted octanol–water partition coefficient (Wildman–Crippen LogP) is 1.05. The fraction of sp³-hybridized carbons (Fsp3) is 0.222. The van der Waals surface area contributed by atoms with E-state index in [1.807, 2.05) is 0 Å². The number of fused-ring (bicyclic) bond motifs is 1. The summed E-state index contributed by atoms with van der Waals surface area (Å²) in [4.78, 5) is 10.7. The number of hydrogen-bond donors (Lipinski definition) is 2. The number of benzene rings is 1. The Bertz CT molecular complexity index is 365. The molecule has 0 fully saturated rings. The summed E-state index contributed by atoms with van der Waals surface area (Å²) >= 11 is 0. The molecule has 1 aliphatic rings. The molecule has 0 saturated carbocycles. The Kier molecular flexibility index (Phi) is 1.77. The van der Waals surface area contributed by atoms with Gasteiger partial charge in [0.05, 0.1) is 0 Å². The van der Waals surface area contributed by atoms with Crippen LogP contribution in [-0.2, 0) is 11.3 Å². The van der Waals surface area contributed by atoms with Crippen LogP contribution in [0.15, 0.2) is 18.2 Å². The SMILES string of the molecule is O=C(O)[C@@H]1NCc2ccc(F)cc21. The molecule has 0 unspecified atom stereocenters. The molecule has 4 heteroatoms. The Labute approximate surface area is 74.2 Å². The van der Waals surface area contributed by atoms with Crippen LogP contribution in [0.4, 0.5) is 4.39 Å². The van der Waals surface area contributed by atoms with E-state index in [1.54, 1.807) is 6.07 Å². The van der Waals surface area contributed by atoms with Gasteiger partial charge in [-0.15, -0.1) is 0 Å². The Morgan fingerprint density at radius 1 is 1.62 bits per heavy atom. The molecule has 0 radical (unpaired) electrons. The van der Waals surface area contributed by atoms with Crippen LogP contribution >= 0.6 is 0 Å². The van der Waals surface area contributed by atoms with E-state index in [4.69, 9.17) is 5.11 Å². The predicted molar refractivity (Wildman–Crippen MR) is 43.6 cm³/mol. The van der Waals surface area contributed by atoms with E-state index in [2.05, 4.69) is 5.32 Å². The maximum absolute atomic E-state index is 12.8. The van der Waals surface area contributed by atoms with E-state index in [0.717, 1.165) is 5.56 Å². The highest BCUT2D eigenvalue weighted by molar-refractivity contribution is 5.77. The summed E-state index contributed by atoms with van der Waals surface area (Å²) < 4.78 is 12.8. The van der Waals surface area contributed by atoms with Crippen LogP contribution in [-0.4, -0.2) is 11.1 Å². The van der Waals surface area contributed by atoms with E-state index in [1.165, 1.54) is 12.1 Å². The van der Waals surface area contributed by atoms with E-state index in [0.29, 0.717) is 12.1 Å². The molecular formula is C9H8FNO2. The van der Waals surface area contributed by atoms with Crippen molar-refractivity contribution in [3.63, 3.8) is 0 Å². The number of carbonyl (C=O) groups is 1. The number of hydrogen-bond acceptors (Lipinski definition) is 2. The van der Waals surface area contributed by atoms with Gasteiger partial charge < -0.3 is 5.11 Å². The summed E-state index contributed by atoms with van der Waals surface area (Å²) in [6, 6.07) is 3.46. The van der Waals surface area contributed by atoms with Gasteiger partial charge in [0.15, 0.2) is 0 Å². The molecule has 0 bridgehead atoms. The van der Waals surface area contributed by atoms with Gasteiger partial charge in [-0.2, -0.15) is 0 Å². The normalized spacial score (nSPS) is 19.9. The van der Waals surface area contributed by atoms with Gasteiger partial charge in [-0.05, 0) is 23.3 Å². The molecule has 0 aliphatic carbocycles. The number of rotatable bonds is 1. The van der Waals surface area contributed by atoms with Gasteiger partial charge >= 0.3 is 5.97 Å². The van der Waals surface area contributed by atoms with Crippen molar-refractivity contribution < 1.29 is 14.3 Å². The van der Waals surface area contributed by atoms with E-state index in [-0.39, 0.29) is 0 Å². The second kappa shape index (κ2) is 2.81. The van der Waals surface area contributed by atoms with Crippen molar-refractivity contribution in [2.45, 2.75) is 12.6 Å². The zero-order chi connectivity index (χ0) is 9.42. The Balaban J connectivity index is 2.46. The lowest BCUT2D eigenvalue weighted by atomic mass is 10.1. The van der Waals surface area contributed by atoms with Crippen molar-refractivity contribution in [2.75, 3.05) is 0 Å². The van der Waals surface area contributed by atoms with Crippen molar-refractivity contribution in [1.29, 1.82) is 0 Å². The molecule has 3 nitrogen and oxygen atoms in total. The minimum Gasteiger partial charge on any atom is -0.480 e. The molecule has 2 rings (SSSR count). The second-order valence-electron chi connectivity index (χ2n) is 3.00. The second-order valence-corrected chi connectivity index (χ2v) is 3.00. The zero-order valence-electron chi connectivity index (χ0n) is 6.75. The molecule has 0 spiro atoms. The average molecular weight is 181 g/mol. The summed E-state index contributed by atoms with van der Waals surface area (Å²) in [6.07, 6.45) is 0. The minimum atomic E-state index is -0.968. The molecule has 0 amide bonds. The lowest BCUT2D eigenvalue weighted by Crippen LogP contribution is -2.21. The van der Waals surface area contributed by atoms with Crippen LogP contribution in [0.3, 0.4) is 0 Å². The molecule has 1 heterocycles. The largest absolute Gasteiger partial charge is 0.480 e. The lowest BCUT2D eigenvalue weighted by Gasteiger charge is -2.04. The first-order valence-electron chi connectivity index (χ1n) is 3.93. The van der Waals surface area contributed by atoms with E-state index in [9.17, 15) is 9.18 Å². The number of nitrogens with one attached hydrogen (secondary N) is 1. The van der Waals surface area contributed by atoms with E-state index >= 15 is 0 Å². The monoisotopic (exact) mass is 181 g/mol. The summed E-state index contributed by atoms with van der Waals surface area (Å²) in [5.74, 6) is -1.36. The van der Waals surface area contributed by atoms with Gasteiger partial charge in [0.2, 0.25) is 0 Å². The Morgan fingerprint density at radius 2 is 2.38 bits per heavy atom. The van der Waals surface area contributed by atoms with Crippen LogP contribution in [0.1, 0.15) is 17.2 Å². The van der Waals surface area contributed by atoms with Crippen LogP contribution < -0.4 is 5.32 Å². The first-order valence-corrected chi connectivity index (χ1v) is 3.93. The Morgan fingerprint density at radius 3 is 3.08 bits per heavy atom. The average Bonchev–Trinajstić information content (AvgIpc) is 2.46. The fourth-order valence-corrected chi connectivity index (χ4v) is 1.54. The smallest absolute Gasteiger partial charge is 0.325 e. The highest BCUT2D eigenvalue weighted by Crippen LogP contribution is 2.25. The standard InChI is InChI=1S/C9H8FNO2/c10-6-2-1-5-4-11-8(9(12)13)7(5)3-6/h1-3,8,11H,4H2,(H,12,13)/t8-/m1/s1. The van der Waals surface area contributed by atoms with Gasteiger partial charge in [-0.25, -0.2) is 4.39 Å². The lowest BCUT2D eigenvalue weighted by molar-refractivity contribution is -0.139. The molecule has 1 aromatic rings. The fourth-order valence-electron chi connectivity index (χ4n) is 1.54. The molecule has 1 aliphatic heterocycles. The van der Waals surface area contributed by atoms with Gasteiger partial charge in [0.25, 0.3) is 0 Å². The van der Waals surface area contributed by atoms with Crippen LogP contribution in [0, 0.1) is 5.82 Å². The first-order chi connectivity index (χ1) is 6.18. The number of halogens is 1. The summed E-state index contributed by atoms with van der Waals surface area (Å²) in [5.41, 5.74) is 1.39. The maximum Gasteiger partial charge on any atom is 0.325 e. The number of carboxylic acids is 1. The van der Waals surface area contributed by atoms with Gasteiger partial charge in [-0.1, -0.05) is 6.07 Å². The molecule has 68 valence electrons. The maximum atomic E-state index is 12.8. The third-order valence-electron chi connectivity index (χ3n) is 2.16. The number of aliphatic carboxylic acids is 1. The highest BCUT2D eigenvalue weighted by atomic mass is 19.1. The van der Waals surface area contributed by atoms with Crippen LogP contribution in [0.5, 0.6) is 0 Å². The summed E-state index contributed by atoms with van der Waals surface area (Å²) in [7, 11) is 0. The summed E-state index contributed by atoms with van der Waals surface area (Å²) in [6.45, 7) is 0.493. The molecule has 2 N–H and O–H groups in total. The molecule has 0 saturated heterocycles. The first kappa shape index (κ1) is 8.19. The third-order valence-corrected chi connectivity index (χ3v) is 2.16. The minimum absolute atomic E-state index is 0.395. The molecule has 0 aromatic heterocycles. The summed E-state index contributed by atoms with van der Waals surface area (Å²) in [5, 5.41) is 11.5. The quantitative estimate of drug-likeness (QED) is 0.680. The molecule has 1 atom stereocenters. The molecular weight excluding hydrogens is 173 g/mol. The van der Waals surface area contributed by atoms with Crippen molar-refractivity contribution in [1.82, 2.24) is 5.32 Å². The molecule has 13 heavy (non-hydrogen) atoms. The van der Waals surface area contributed by atoms with Crippen LogP contribution in [0.2, 0.25) is 0 Å². The van der Waals surface area contributed by atoms with Crippen molar-refractivity contribution >= 4 is 5.97 Å². The van der Waals surface area contributed by atoms with E-state index < -0.39 is 17.8 Å². The van der Waals surface area contributed by atoms with Crippen LogP contribution in [0.25, 0.3) is 0 Å². The Hall–Kier alpha value is -1.42. The van der Waals surface area contributed by atoms with Crippen molar-refractivity contribution in [3.8, 4) is 0 Å². The van der Waals surface area contributed by atoms with Crippen molar-refractivity contribution in [3.05, 3.63) is 35.1 Å². The van der Waals surface area contributed by atoms with Gasteiger partial charge in [0.1, 0.15) is 11.9 Å².